The fraction of sp³-hybridized carbons (Fsp3) is 0.300. The lowest BCUT2D eigenvalue weighted by atomic mass is 10.2. The van der Waals surface area contributed by atoms with Gasteiger partial charge in [0.1, 0.15) is 5.52 Å². The van der Waals surface area contributed by atoms with Gasteiger partial charge in [0, 0.05) is 12.0 Å². The number of hydrogen-bond donors (Lipinski definition) is 0. The number of nitrogens with zero attached hydrogens (tertiary/aromatic N) is 1. The molecule has 0 radical (unpaired) electrons. The molecule has 14 heavy (non-hydrogen) atoms. The van der Waals surface area contributed by atoms with Crippen molar-refractivity contribution in [2.24, 2.45) is 0 Å². The maximum Gasteiger partial charge on any atom is 0.266 e. The molecular weight excluding hydrogens is 188 g/mol. The second kappa shape index (κ2) is 3.36. The number of benzene rings is 1. The van der Waals surface area contributed by atoms with Crippen LogP contribution in [0.2, 0.25) is 0 Å². The molecule has 1 aromatic heterocycles. The molecule has 0 aliphatic carbocycles. The lowest BCUT2D eigenvalue weighted by Gasteiger charge is -1.97. The number of alkyl halides is 2. The van der Waals surface area contributed by atoms with Crippen LogP contribution in [0, 0.1) is 0 Å². The van der Waals surface area contributed by atoms with Crippen LogP contribution >= 0.6 is 0 Å². The highest BCUT2D eigenvalue weighted by atomic mass is 19.3. The first-order chi connectivity index (χ1) is 6.72. The van der Waals surface area contributed by atoms with Gasteiger partial charge in [-0.3, -0.25) is 0 Å². The summed E-state index contributed by atoms with van der Waals surface area (Å²) in [6, 6.07) is 4.57. The number of rotatable bonds is 2. The largest absolute Gasteiger partial charge is 0.441 e. The zero-order chi connectivity index (χ0) is 10.1. The van der Waals surface area contributed by atoms with Crippen LogP contribution in [0.1, 0.15) is 24.8 Å². The number of oxazole rings is 1. The summed E-state index contributed by atoms with van der Waals surface area (Å²) in [7, 11) is 0. The van der Waals surface area contributed by atoms with E-state index in [4.69, 9.17) is 4.42 Å². The van der Waals surface area contributed by atoms with Crippen molar-refractivity contribution in [1.29, 1.82) is 0 Å². The van der Waals surface area contributed by atoms with Gasteiger partial charge in [0.15, 0.2) is 11.5 Å². The smallest absolute Gasteiger partial charge is 0.266 e. The molecule has 0 bridgehead atoms. The van der Waals surface area contributed by atoms with Crippen LogP contribution in [0.4, 0.5) is 8.78 Å². The van der Waals surface area contributed by atoms with E-state index in [1.807, 2.05) is 6.92 Å². The number of halogens is 2. The molecule has 2 nitrogen and oxygen atoms in total. The van der Waals surface area contributed by atoms with Crippen LogP contribution < -0.4 is 0 Å². The molecule has 74 valence electrons. The zero-order valence-corrected chi connectivity index (χ0v) is 7.63. The van der Waals surface area contributed by atoms with Gasteiger partial charge in [-0.15, -0.1) is 0 Å². The molecule has 2 aromatic rings. The normalized spacial score (nSPS) is 11.4. The molecule has 0 saturated carbocycles. The summed E-state index contributed by atoms with van der Waals surface area (Å²) >= 11 is 0. The average Bonchev–Trinajstić information content (AvgIpc) is 2.59. The van der Waals surface area contributed by atoms with Crippen molar-refractivity contribution >= 4 is 11.1 Å². The van der Waals surface area contributed by atoms with Crippen molar-refractivity contribution < 1.29 is 13.2 Å². The quantitative estimate of drug-likeness (QED) is 0.738. The number of aryl methyl sites for hydroxylation is 1. The van der Waals surface area contributed by atoms with Crippen molar-refractivity contribution in [2.45, 2.75) is 19.8 Å². The molecular formula is C10H9F2NO. The van der Waals surface area contributed by atoms with Gasteiger partial charge in [0.2, 0.25) is 0 Å². The second-order valence-corrected chi connectivity index (χ2v) is 2.96. The van der Waals surface area contributed by atoms with Gasteiger partial charge in [-0.1, -0.05) is 19.1 Å². The molecule has 0 aliphatic rings. The maximum atomic E-state index is 12.5. The van der Waals surface area contributed by atoms with Crippen molar-refractivity contribution in [3.05, 3.63) is 29.7 Å². The number of fused-ring (bicyclic) bond motifs is 1. The van der Waals surface area contributed by atoms with Crippen molar-refractivity contribution in [1.82, 2.24) is 4.98 Å². The molecule has 0 amide bonds. The summed E-state index contributed by atoms with van der Waals surface area (Å²) in [5.41, 5.74) is 0.643. The van der Waals surface area contributed by atoms with Crippen molar-refractivity contribution in [2.75, 3.05) is 0 Å². The van der Waals surface area contributed by atoms with Gasteiger partial charge < -0.3 is 4.42 Å². The van der Waals surface area contributed by atoms with Crippen molar-refractivity contribution in [3.8, 4) is 0 Å². The minimum absolute atomic E-state index is 0.0639. The summed E-state index contributed by atoms with van der Waals surface area (Å²) in [5.74, 6) is 0.494. The van der Waals surface area contributed by atoms with Gasteiger partial charge >= 0.3 is 0 Å². The molecule has 2 rings (SSSR count). The van der Waals surface area contributed by atoms with Crippen LogP contribution in [0.5, 0.6) is 0 Å². The van der Waals surface area contributed by atoms with E-state index in [9.17, 15) is 8.78 Å². The van der Waals surface area contributed by atoms with Crippen LogP contribution in [-0.2, 0) is 6.42 Å². The Bertz CT molecular complexity index is 450. The Hall–Kier alpha value is -1.45. The molecule has 0 saturated heterocycles. The fourth-order valence-corrected chi connectivity index (χ4v) is 1.34. The lowest BCUT2D eigenvalue weighted by Crippen LogP contribution is -1.86. The SMILES string of the molecule is CCc1nc2c(C(F)F)cccc2o1. The zero-order valence-electron chi connectivity index (χ0n) is 7.63. The van der Waals surface area contributed by atoms with Gasteiger partial charge in [-0.25, -0.2) is 13.8 Å². The number of hydrogen-bond acceptors (Lipinski definition) is 2. The van der Waals surface area contributed by atoms with Gasteiger partial charge in [0.25, 0.3) is 6.43 Å². The van der Waals surface area contributed by atoms with Crippen molar-refractivity contribution in [3.63, 3.8) is 0 Å². The molecule has 0 spiro atoms. The van der Waals surface area contributed by atoms with E-state index in [2.05, 4.69) is 4.98 Å². The predicted octanol–water partition coefficient (Wildman–Crippen LogP) is 3.33. The highest BCUT2D eigenvalue weighted by molar-refractivity contribution is 5.76. The molecule has 1 heterocycles. The molecule has 0 atom stereocenters. The third-order valence-corrected chi connectivity index (χ3v) is 2.03. The second-order valence-electron chi connectivity index (χ2n) is 2.96. The summed E-state index contributed by atoms with van der Waals surface area (Å²) in [4.78, 5) is 4.01. The Kier molecular flexibility index (Phi) is 2.19. The average molecular weight is 197 g/mol. The topological polar surface area (TPSA) is 26.0 Å². The highest BCUT2D eigenvalue weighted by Crippen LogP contribution is 2.27. The first-order valence-electron chi connectivity index (χ1n) is 4.39. The van der Waals surface area contributed by atoms with Gasteiger partial charge in [-0.05, 0) is 6.07 Å². The van der Waals surface area contributed by atoms with E-state index in [-0.39, 0.29) is 11.1 Å². The first kappa shape index (κ1) is 9.12. The third-order valence-electron chi connectivity index (χ3n) is 2.03. The Labute approximate surface area is 79.6 Å². The van der Waals surface area contributed by atoms with Gasteiger partial charge in [-0.2, -0.15) is 0 Å². The molecule has 0 N–H and O–H groups in total. The first-order valence-corrected chi connectivity index (χ1v) is 4.39. The minimum Gasteiger partial charge on any atom is -0.441 e. The summed E-state index contributed by atoms with van der Waals surface area (Å²) < 4.78 is 30.3. The number of aromatic nitrogens is 1. The summed E-state index contributed by atoms with van der Waals surface area (Å²) in [6.45, 7) is 1.87. The van der Waals surface area contributed by atoms with Crippen LogP contribution in [0.15, 0.2) is 22.6 Å². The Balaban J connectivity index is 2.66. The van der Waals surface area contributed by atoms with Crippen LogP contribution in [0.25, 0.3) is 11.1 Å². The Morgan fingerprint density at radius 1 is 1.43 bits per heavy atom. The standard InChI is InChI=1S/C10H9F2NO/c1-2-8-13-9-6(10(11)12)4-3-5-7(9)14-8/h3-5,10H,2H2,1H3. The maximum absolute atomic E-state index is 12.5. The van der Waals surface area contributed by atoms with E-state index in [1.165, 1.54) is 6.07 Å². The molecule has 1 aromatic carbocycles. The minimum atomic E-state index is -2.51. The van der Waals surface area contributed by atoms with E-state index < -0.39 is 6.43 Å². The third kappa shape index (κ3) is 1.36. The van der Waals surface area contributed by atoms with Crippen LogP contribution in [0.3, 0.4) is 0 Å². The highest BCUT2D eigenvalue weighted by Gasteiger charge is 2.15. The fourth-order valence-electron chi connectivity index (χ4n) is 1.34. The lowest BCUT2D eigenvalue weighted by molar-refractivity contribution is 0.153. The van der Waals surface area contributed by atoms with Gasteiger partial charge in [0.05, 0.1) is 0 Å². The Morgan fingerprint density at radius 3 is 2.86 bits per heavy atom. The van der Waals surface area contributed by atoms with E-state index >= 15 is 0 Å². The van der Waals surface area contributed by atoms with Crippen LogP contribution in [-0.4, -0.2) is 4.98 Å². The molecule has 0 fully saturated rings. The Morgan fingerprint density at radius 2 is 2.21 bits per heavy atom. The number of para-hydroxylation sites is 1. The predicted molar refractivity (Wildman–Crippen MR) is 48.3 cm³/mol. The van der Waals surface area contributed by atoms with E-state index in [1.54, 1.807) is 12.1 Å². The summed E-state index contributed by atoms with van der Waals surface area (Å²) in [6.07, 6.45) is -1.90. The monoisotopic (exact) mass is 197 g/mol. The van der Waals surface area contributed by atoms with E-state index in [0.717, 1.165) is 0 Å². The molecule has 4 heteroatoms. The molecule has 0 unspecified atom stereocenters. The molecule has 0 aliphatic heterocycles. The summed E-state index contributed by atoms with van der Waals surface area (Å²) in [5, 5.41) is 0. The van der Waals surface area contributed by atoms with E-state index in [0.29, 0.717) is 17.9 Å².